The highest BCUT2D eigenvalue weighted by Crippen LogP contribution is 2.30. The fourth-order valence-electron chi connectivity index (χ4n) is 2.80. The first kappa shape index (κ1) is 14.5. The van der Waals surface area contributed by atoms with Gasteiger partial charge in [0, 0.05) is 11.8 Å². The summed E-state index contributed by atoms with van der Waals surface area (Å²) in [5, 5.41) is 4.96. The zero-order valence-electron chi connectivity index (χ0n) is 13.1. The van der Waals surface area contributed by atoms with Crippen molar-refractivity contribution in [2.75, 3.05) is 7.11 Å². The van der Waals surface area contributed by atoms with Gasteiger partial charge in [-0.15, -0.1) is 0 Å². The lowest BCUT2D eigenvalue weighted by Crippen LogP contribution is -2.13. The maximum Gasteiger partial charge on any atom is 0.345 e. The minimum Gasteiger partial charge on any atom is -0.497 e. The highest BCUT2D eigenvalue weighted by molar-refractivity contribution is 6.02. The average molecular weight is 321 g/mol. The quantitative estimate of drug-likeness (QED) is 0.691. The number of hydrogen-bond donors (Lipinski definition) is 0. The first-order chi connectivity index (χ1) is 11.7. The Morgan fingerprint density at radius 1 is 1.12 bits per heavy atom. The summed E-state index contributed by atoms with van der Waals surface area (Å²) in [7, 11) is 1.63. The van der Waals surface area contributed by atoms with Gasteiger partial charge in [0.2, 0.25) is 0 Å². The van der Waals surface area contributed by atoms with Gasteiger partial charge in [0.25, 0.3) is 0 Å². The minimum atomic E-state index is -0.397. The molecule has 0 spiro atoms. The molecule has 1 atom stereocenters. The van der Waals surface area contributed by atoms with Crippen LogP contribution in [0.3, 0.4) is 0 Å². The Bertz CT molecular complexity index is 973. The molecule has 1 unspecified atom stereocenters. The van der Waals surface area contributed by atoms with Gasteiger partial charge in [-0.1, -0.05) is 35.5 Å². The Labute approximate surface area is 138 Å². The van der Waals surface area contributed by atoms with E-state index in [0.29, 0.717) is 23.3 Å². The molecule has 2 aromatic carbocycles. The van der Waals surface area contributed by atoms with Gasteiger partial charge in [0.15, 0.2) is 6.10 Å². The Balaban J connectivity index is 1.62. The van der Waals surface area contributed by atoms with Crippen molar-refractivity contribution in [1.29, 1.82) is 0 Å². The fourth-order valence-corrected chi connectivity index (χ4v) is 2.80. The van der Waals surface area contributed by atoms with Crippen molar-refractivity contribution in [2.24, 2.45) is 5.16 Å². The normalized spacial score (nSPS) is 16.7. The van der Waals surface area contributed by atoms with Crippen molar-refractivity contribution in [3.63, 3.8) is 0 Å². The molecule has 0 fully saturated rings. The highest BCUT2D eigenvalue weighted by Gasteiger charge is 2.26. The van der Waals surface area contributed by atoms with E-state index in [0.717, 1.165) is 16.7 Å². The predicted octanol–water partition coefficient (Wildman–Crippen LogP) is 3.67. The van der Waals surface area contributed by atoms with E-state index in [4.69, 9.17) is 14.0 Å². The number of oxime groups is 1. The van der Waals surface area contributed by atoms with Crippen LogP contribution in [-0.2, 0) is 4.84 Å². The van der Waals surface area contributed by atoms with E-state index in [1.54, 1.807) is 19.2 Å². The van der Waals surface area contributed by atoms with Crippen LogP contribution in [-0.4, -0.2) is 12.8 Å². The molecule has 24 heavy (non-hydrogen) atoms. The molecule has 1 aromatic heterocycles. The molecule has 5 nitrogen and oxygen atoms in total. The summed E-state index contributed by atoms with van der Waals surface area (Å²) in [6.07, 6.45) is 0.312. The smallest absolute Gasteiger partial charge is 0.345 e. The standard InChI is InChI=1S/C19H15NO4/c1-22-14-8-6-12(7-9-14)18-11-16(20-24-18)15-10-13-4-2-3-5-17(13)23-19(15)21/h2-10,18H,11H2,1H3. The number of ether oxygens (including phenoxy) is 1. The summed E-state index contributed by atoms with van der Waals surface area (Å²) < 4.78 is 10.5. The second-order valence-corrected chi connectivity index (χ2v) is 5.59. The lowest BCUT2D eigenvalue weighted by Gasteiger charge is -2.09. The number of nitrogens with zero attached hydrogens (tertiary/aromatic N) is 1. The van der Waals surface area contributed by atoms with Crippen LogP contribution in [0.2, 0.25) is 0 Å². The molecule has 0 bridgehead atoms. The van der Waals surface area contributed by atoms with Gasteiger partial charge in [-0.2, -0.15) is 0 Å². The average Bonchev–Trinajstić information content (AvgIpc) is 3.11. The lowest BCUT2D eigenvalue weighted by molar-refractivity contribution is 0.0857. The van der Waals surface area contributed by atoms with Crippen LogP contribution in [0.4, 0.5) is 0 Å². The predicted molar refractivity (Wildman–Crippen MR) is 90.5 cm³/mol. The van der Waals surface area contributed by atoms with Gasteiger partial charge >= 0.3 is 5.63 Å². The summed E-state index contributed by atoms with van der Waals surface area (Å²) in [6.45, 7) is 0. The molecule has 3 aromatic rings. The van der Waals surface area contributed by atoms with Crippen LogP contribution in [0.15, 0.2) is 69.0 Å². The maximum absolute atomic E-state index is 12.2. The first-order valence-electron chi connectivity index (χ1n) is 7.64. The number of hydrogen-bond acceptors (Lipinski definition) is 5. The summed E-state index contributed by atoms with van der Waals surface area (Å²) >= 11 is 0. The van der Waals surface area contributed by atoms with Gasteiger partial charge in [-0.05, 0) is 29.8 Å². The molecule has 0 N–H and O–H groups in total. The molecule has 0 saturated carbocycles. The third kappa shape index (κ3) is 2.54. The monoisotopic (exact) mass is 321 g/mol. The van der Waals surface area contributed by atoms with E-state index in [1.165, 1.54) is 0 Å². The Morgan fingerprint density at radius 2 is 1.92 bits per heavy atom. The zero-order valence-corrected chi connectivity index (χ0v) is 13.1. The first-order valence-corrected chi connectivity index (χ1v) is 7.64. The molecule has 0 saturated heterocycles. The van der Waals surface area contributed by atoms with E-state index in [9.17, 15) is 4.79 Å². The molecule has 2 heterocycles. The van der Waals surface area contributed by atoms with E-state index in [1.807, 2.05) is 42.5 Å². The highest BCUT2D eigenvalue weighted by atomic mass is 16.6. The van der Waals surface area contributed by atoms with Crippen LogP contribution in [0.25, 0.3) is 11.0 Å². The Hall–Kier alpha value is -3.08. The molecule has 0 aliphatic carbocycles. The second kappa shape index (κ2) is 5.85. The van der Waals surface area contributed by atoms with E-state index < -0.39 is 5.63 Å². The van der Waals surface area contributed by atoms with Crippen molar-refractivity contribution in [1.82, 2.24) is 0 Å². The molecule has 120 valence electrons. The molecule has 4 rings (SSSR count). The second-order valence-electron chi connectivity index (χ2n) is 5.59. The molecule has 0 amide bonds. The topological polar surface area (TPSA) is 61.0 Å². The largest absolute Gasteiger partial charge is 0.497 e. The van der Waals surface area contributed by atoms with Crippen LogP contribution in [0, 0.1) is 0 Å². The Kier molecular flexibility index (Phi) is 3.54. The van der Waals surface area contributed by atoms with Crippen LogP contribution in [0.1, 0.15) is 23.7 Å². The zero-order chi connectivity index (χ0) is 16.5. The van der Waals surface area contributed by atoms with Crippen LogP contribution >= 0.6 is 0 Å². The summed E-state index contributed by atoms with van der Waals surface area (Å²) in [6, 6.07) is 16.8. The minimum absolute atomic E-state index is 0.211. The molecular weight excluding hydrogens is 306 g/mol. The van der Waals surface area contributed by atoms with Crippen molar-refractivity contribution in [3.8, 4) is 5.75 Å². The van der Waals surface area contributed by atoms with Gasteiger partial charge in [-0.25, -0.2) is 4.79 Å². The van der Waals surface area contributed by atoms with Gasteiger partial charge in [0.1, 0.15) is 11.3 Å². The third-order valence-corrected chi connectivity index (χ3v) is 4.11. The molecular formula is C19H15NO4. The van der Waals surface area contributed by atoms with Crippen molar-refractivity contribution < 1.29 is 14.0 Å². The third-order valence-electron chi connectivity index (χ3n) is 4.11. The van der Waals surface area contributed by atoms with Crippen LogP contribution in [0.5, 0.6) is 5.75 Å². The fraction of sp³-hybridized carbons (Fsp3) is 0.158. The van der Waals surface area contributed by atoms with Gasteiger partial charge < -0.3 is 14.0 Å². The summed E-state index contributed by atoms with van der Waals surface area (Å²) in [5.74, 6) is 0.785. The maximum atomic E-state index is 12.2. The number of para-hydroxylation sites is 1. The van der Waals surface area contributed by atoms with Gasteiger partial charge in [-0.3, -0.25) is 0 Å². The van der Waals surface area contributed by atoms with Crippen molar-refractivity contribution >= 4 is 16.7 Å². The summed E-state index contributed by atoms with van der Waals surface area (Å²) in [5.41, 5.74) is 2.21. The van der Waals surface area contributed by atoms with E-state index >= 15 is 0 Å². The summed E-state index contributed by atoms with van der Waals surface area (Å²) in [4.78, 5) is 17.7. The van der Waals surface area contributed by atoms with Gasteiger partial charge in [0.05, 0.1) is 18.4 Å². The lowest BCUT2D eigenvalue weighted by atomic mass is 10.0. The SMILES string of the molecule is COc1ccc(C2CC(c3cc4ccccc4oc3=O)=NO2)cc1. The molecule has 0 radical (unpaired) electrons. The molecule has 1 aliphatic heterocycles. The van der Waals surface area contributed by atoms with Crippen LogP contribution < -0.4 is 10.4 Å². The van der Waals surface area contributed by atoms with E-state index in [2.05, 4.69) is 5.16 Å². The number of benzene rings is 2. The molecule has 1 aliphatic rings. The van der Waals surface area contributed by atoms with Crippen molar-refractivity contribution in [2.45, 2.75) is 12.5 Å². The van der Waals surface area contributed by atoms with E-state index in [-0.39, 0.29) is 6.10 Å². The number of fused-ring (bicyclic) bond motifs is 1. The number of methoxy groups -OCH3 is 1. The van der Waals surface area contributed by atoms with Crippen molar-refractivity contribution in [3.05, 3.63) is 76.1 Å². The molecule has 5 heteroatoms. The number of rotatable bonds is 3. The Morgan fingerprint density at radius 3 is 2.71 bits per heavy atom.